The zero-order valence-corrected chi connectivity index (χ0v) is 31.4. The fraction of sp³-hybridized carbons (Fsp3) is 0.808. The molecule has 0 amide bonds. The number of aryl methyl sites for hydroxylation is 2. The maximum atomic E-state index is 2.84. The summed E-state index contributed by atoms with van der Waals surface area (Å²) in [5.41, 5.74) is 6.87. The summed E-state index contributed by atoms with van der Waals surface area (Å²) in [5, 5.41) is 3.18. The van der Waals surface area contributed by atoms with Crippen molar-refractivity contribution in [2.75, 3.05) is 0 Å². The van der Waals surface area contributed by atoms with Gasteiger partial charge >= 0.3 is 0 Å². The van der Waals surface area contributed by atoms with Gasteiger partial charge in [-0.15, -0.1) is 0 Å². The molecule has 0 spiro atoms. The molecule has 0 heterocycles. The van der Waals surface area contributed by atoms with Crippen LogP contribution in [0.4, 0.5) is 0 Å². The van der Waals surface area contributed by atoms with Crippen LogP contribution in [0.1, 0.15) is 85.5 Å². The lowest BCUT2D eigenvalue weighted by atomic mass is 9.40. The Hall–Kier alpha value is -1.30. The minimum absolute atomic E-state index is 0.941. The average molecular weight is 683 g/mol. The Bertz CT molecular complexity index is 2010. The third-order valence-electron chi connectivity index (χ3n) is 26.5. The molecule has 52 heavy (non-hydrogen) atoms. The van der Waals surface area contributed by atoms with Crippen LogP contribution < -0.4 is 0 Å². The van der Waals surface area contributed by atoms with Crippen LogP contribution in [-0.4, -0.2) is 0 Å². The topological polar surface area (TPSA) is 0 Å². The quantitative estimate of drug-likeness (QED) is 0.260. The van der Waals surface area contributed by atoms with Crippen molar-refractivity contribution >= 4 is 10.8 Å². The minimum Gasteiger partial charge on any atom is -0.0512 e. The first kappa shape index (κ1) is 26.5. The lowest BCUT2D eigenvalue weighted by molar-refractivity contribution is -0.151. The first-order valence-electron chi connectivity index (χ1n) is 24.2. The van der Waals surface area contributed by atoms with Crippen molar-refractivity contribution in [2.45, 2.75) is 77.0 Å². The molecule has 0 radical (unpaired) electrons. The Morgan fingerprint density at radius 2 is 0.500 bits per heavy atom. The Morgan fingerprint density at radius 1 is 0.269 bits per heavy atom. The van der Waals surface area contributed by atoms with E-state index in [2.05, 4.69) is 38.1 Å². The van der Waals surface area contributed by atoms with Crippen molar-refractivity contribution in [3.05, 3.63) is 46.5 Å². The summed E-state index contributed by atoms with van der Waals surface area (Å²) >= 11 is 0. The first-order chi connectivity index (χ1) is 25.7. The molecule has 19 rings (SSSR count). The Balaban J connectivity index is 0.929. The SMILES string of the molecule is Cc1cc2cc3c(cc2cc1C)C1C3C2C3CCC4C5CCC6C7CCC8C9CCC%10C1C1C2C2C3C4C3C5C6C4C7C8C5C9C%10C1C1C5C4C3C21. The van der Waals surface area contributed by atoms with E-state index in [0.717, 1.165) is 47.3 Å². The molecule has 0 N–H and O–H groups in total. The summed E-state index contributed by atoms with van der Waals surface area (Å²) in [5.74, 6) is 37.5. The van der Waals surface area contributed by atoms with Gasteiger partial charge in [0.25, 0.3) is 0 Å². The van der Waals surface area contributed by atoms with E-state index >= 15 is 0 Å². The highest BCUT2D eigenvalue weighted by Gasteiger charge is 2.89. The number of fused-ring (bicyclic) bond motifs is 12. The van der Waals surface area contributed by atoms with Crippen molar-refractivity contribution in [2.24, 2.45) is 178 Å². The zero-order valence-electron chi connectivity index (χ0n) is 31.4. The van der Waals surface area contributed by atoms with E-state index in [9.17, 15) is 0 Å². The van der Waals surface area contributed by atoms with E-state index in [-0.39, 0.29) is 0 Å². The molecule has 0 heteroatoms. The van der Waals surface area contributed by atoms with Gasteiger partial charge in [0.05, 0.1) is 0 Å². The van der Waals surface area contributed by atoms with Crippen LogP contribution >= 0.6 is 0 Å². The van der Waals surface area contributed by atoms with Gasteiger partial charge in [0.2, 0.25) is 0 Å². The molecule has 2 aromatic rings. The van der Waals surface area contributed by atoms with E-state index in [1.165, 1.54) is 153 Å². The molecule has 2 aromatic carbocycles. The third kappa shape index (κ3) is 2.16. The highest BCUT2D eigenvalue weighted by molar-refractivity contribution is 5.87. The normalized spacial score (nSPS) is 73.0. The second kappa shape index (κ2) is 7.58. The van der Waals surface area contributed by atoms with E-state index in [1.807, 2.05) is 11.1 Å². The Kier molecular flexibility index (Phi) is 3.87. The molecule has 266 valence electrons. The first-order valence-corrected chi connectivity index (χ1v) is 24.2. The van der Waals surface area contributed by atoms with Gasteiger partial charge in [-0.1, -0.05) is 24.3 Å². The van der Waals surface area contributed by atoms with E-state index in [4.69, 9.17) is 0 Å². The standard InChI is InChI=1S/C52H58/c1-15-11-17-13-27-28(14-18(17)12-16(15)2)40-38-26-10-8-24-22-6-4-20-19-3-5-21-23-7-9-25-35-33(23)42-31(21)29(19)41-30(20)32(22)43-34(24)36(26)47-45(38)44(37(25)39(27)40)46(35)51-49(42)48(41)50(43)52(47)51/h11-14,19-26,29-52H,3-10H2,1-2H3. The highest BCUT2D eigenvalue weighted by Crippen LogP contribution is 2.94. The molecule has 30 unspecified atom stereocenters. The second-order valence-corrected chi connectivity index (χ2v) is 25.1. The number of rotatable bonds is 0. The van der Waals surface area contributed by atoms with Crippen molar-refractivity contribution in [3.63, 3.8) is 0 Å². The minimum atomic E-state index is 0.941. The largest absolute Gasteiger partial charge is 0.0512 e. The summed E-state index contributed by atoms with van der Waals surface area (Å²) in [6.45, 7) is 4.75. The highest BCUT2D eigenvalue weighted by atomic mass is 14.9. The zero-order chi connectivity index (χ0) is 32.4. The van der Waals surface area contributed by atoms with Crippen LogP contribution in [0.3, 0.4) is 0 Å². The Morgan fingerprint density at radius 3 is 0.827 bits per heavy atom. The van der Waals surface area contributed by atoms with Crippen LogP contribution in [0.15, 0.2) is 24.3 Å². The van der Waals surface area contributed by atoms with E-state index in [0.29, 0.717) is 0 Å². The van der Waals surface area contributed by atoms with Gasteiger partial charge in [0, 0.05) is 0 Å². The van der Waals surface area contributed by atoms with Gasteiger partial charge in [-0.05, 0) is 288 Å². The van der Waals surface area contributed by atoms with Gasteiger partial charge in [-0.2, -0.15) is 0 Å². The summed E-state index contributed by atoms with van der Waals surface area (Å²) in [7, 11) is 0. The van der Waals surface area contributed by atoms with Crippen LogP contribution in [0.2, 0.25) is 0 Å². The molecular weight excluding hydrogens is 625 g/mol. The Labute approximate surface area is 310 Å². The van der Waals surface area contributed by atoms with Crippen molar-refractivity contribution in [1.82, 2.24) is 0 Å². The van der Waals surface area contributed by atoms with Gasteiger partial charge in [-0.3, -0.25) is 0 Å². The van der Waals surface area contributed by atoms with E-state index < -0.39 is 0 Å². The maximum absolute atomic E-state index is 2.84. The molecule has 0 aromatic heterocycles. The average Bonchev–Trinajstić information content (AvgIpc) is 3.98. The van der Waals surface area contributed by atoms with Crippen LogP contribution in [0.25, 0.3) is 10.8 Å². The monoisotopic (exact) mass is 682 g/mol. The molecule has 0 aliphatic heterocycles. The lowest BCUT2D eigenvalue weighted by Crippen LogP contribution is -2.59. The van der Waals surface area contributed by atoms with Crippen molar-refractivity contribution in [3.8, 4) is 0 Å². The molecule has 0 nitrogen and oxygen atoms in total. The molecular formula is C52H58. The third-order valence-corrected chi connectivity index (χ3v) is 26.5. The summed E-state index contributed by atoms with van der Waals surface area (Å²) in [6.07, 6.45) is 13.5. The van der Waals surface area contributed by atoms with Gasteiger partial charge in [0.1, 0.15) is 0 Å². The van der Waals surface area contributed by atoms with Crippen LogP contribution in [-0.2, 0) is 0 Å². The van der Waals surface area contributed by atoms with Gasteiger partial charge < -0.3 is 0 Å². The van der Waals surface area contributed by atoms with Gasteiger partial charge in [0.15, 0.2) is 0 Å². The van der Waals surface area contributed by atoms with Gasteiger partial charge in [-0.25, -0.2) is 0 Å². The number of hydrogen-bond donors (Lipinski definition) is 0. The van der Waals surface area contributed by atoms with E-state index in [1.54, 1.807) is 62.1 Å². The molecule has 30 atom stereocenters. The summed E-state index contributed by atoms with van der Waals surface area (Å²) in [6, 6.07) is 10.9. The number of benzene rings is 2. The lowest BCUT2D eigenvalue weighted by Gasteiger charge is -2.63. The molecule has 16 fully saturated rings. The van der Waals surface area contributed by atoms with Crippen LogP contribution in [0.5, 0.6) is 0 Å². The molecule has 16 saturated carbocycles. The maximum Gasteiger partial charge on any atom is -0.00531 e. The fourth-order valence-electron chi connectivity index (χ4n) is 27.8. The molecule has 0 bridgehead atoms. The summed E-state index contributed by atoms with van der Waals surface area (Å²) in [4.78, 5) is 0. The molecule has 0 saturated heterocycles. The molecule has 17 aliphatic carbocycles. The predicted octanol–water partition coefficient (Wildman–Crippen LogP) is 10.5. The smallest absolute Gasteiger partial charge is 0.00531 e. The van der Waals surface area contributed by atoms with Crippen molar-refractivity contribution < 1.29 is 0 Å². The number of hydrogen-bond acceptors (Lipinski definition) is 0. The molecule has 17 aliphatic rings. The van der Waals surface area contributed by atoms with Crippen molar-refractivity contribution in [1.29, 1.82) is 0 Å². The fourth-order valence-corrected chi connectivity index (χ4v) is 27.8. The predicted molar refractivity (Wildman–Crippen MR) is 201 cm³/mol. The van der Waals surface area contributed by atoms with Crippen LogP contribution in [0, 0.1) is 191 Å². The summed E-state index contributed by atoms with van der Waals surface area (Å²) < 4.78 is 0. The second-order valence-electron chi connectivity index (χ2n) is 25.1.